The third-order valence-electron chi connectivity index (χ3n) is 5.28. The molecule has 2 heterocycles. The van der Waals surface area contributed by atoms with Gasteiger partial charge in [-0.05, 0) is 38.7 Å². The number of rotatable bonds is 5. The standard InChI is InChI=1S/C20H28N2O5S/c1-3-26-19(24)16-14-10-11-22(20(25)27-4-2)12-15(14)28-18(16)21-17(23)13-8-6-5-7-9-13/h13H,3-12H2,1-2H3,(H,21,23). The minimum atomic E-state index is -0.413. The van der Waals surface area contributed by atoms with E-state index in [1.807, 2.05) is 0 Å². The molecule has 3 rings (SSSR count). The van der Waals surface area contributed by atoms with Crippen LogP contribution >= 0.6 is 11.3 Å². The number of ether oxygens (including phenoxy) is 2. The van der Waals surface area contributed by atoms with E-state index in [0.29, 0.717) is 36.7 Å². The Hall–Kier alpha value is -2.09. The molecule has 0 spiro atoms. The lowest BCUT2D eigenvalue weighted by Gasteiger charge is -2.26. The molecule has 0 aromatic carbocycles. The van der Waals surface area contributed by atoms with Crippen LogP contribution in [0.5, 0.6) is 0 Å². The minimum absolute atomic E-state index is 0.000968. The van der Waals surface area contributed by atoms with E-state index in [1.165, 1.54) is 17.8 Å². The van der Waals surface area contributed by atoms with Crippen molar-refractivity contribution in [1.82, 2.24) is 4.90 Å². The lowest BCUT2D eigenvalue weighted by atomic mass is 9.88. The highest BCUT2D eigenvalue weighted by Crippen LogP contribution is 2.38. The summed E-state index contributed by atoms with van der Waals surface area (Å²) in [5.41, 5.74) is 1.33. The third kappa shape index (κ3) is 4.48. The van der Waals surface area contributed by atoms with E-state index in [4.69, 9.17) is 9.47 Å². The molecule has 1 fully saturated rings. The van der Waals surface area contributed by atoms with Gasteiger partial charge in [-0.1, -0.05) is 19.3 Å². The molecule has 1 aromatic heterocycles. The van der Waals surface area contributed by atoms with Gasteiger partial charge in [-0.15, -0.1) is 11.3 Å². The molecule has 2 amide bonds. The molecule has 2 aliphatic rings. The highest BCUT2D eigenvalue weighted by atomic mass is 32.1. The van der Waals surface area contributed by atoms with Crippen molar-refractivity contribution >= 4 is 34.3 Å². The van der Waals surface area contributed by atoms with Gasteiger partial charge in [0.15, 0.2) is 0 Å². The molecule has 8 heteroatoms. The minimum Gasteiger partial charge on any atom is -0.462 e. The number of carbonyl (C=O) groups is 3. The first-order valence-corrected chi connectivity index (χ1v) is 10.9. The maximum absolute atomic E-state index is 12.7. The summed E-state index contributed by atoms with van der Waals surface area (Å²) in [6.45, 7) is 4.99. The van der Waals surface area contributed by atoms with Crippen LogP contribution in [0.25, 0.3) is 0 Å². The van der Waals surface area contributed by atoms with Crippen LogP contribution in [0.3, 0.4) is 0 Å². The van der Waals surface area contributed by atoms with E-state index in [1.54, 1.807) is 18.7 Å². The summed E-state index contributed by atoms with van der Waals surface area (Å²) in [5.74, 6) is -0.437. The summed E-state index contributed by atoms with van der Waals surface area (Å²) in [4.78, 5) is 39.9. The van der Waals surface area contributed by atoms with Crippen LogP contribution in [0, 0.1) is 5.92 Å². The van der Waals surface area contributed by atoms with E-state index < -0.39 is 5.97 Å². The average Bonchev–Trinajstić information content (AvgIpc) is 3.06. The maximum atomic E-state index is 12.7. The highest BCUT2D eigenvalue weighted by molar-refractivity contribution is 7.17. The molecule has 28 heavy (non-hydrogen) atoms. The fourth-order valence-electron chi connectivity index (χ4n) is 3.86. The fourth-order valence-corrected chi connectivity index (χ4v) is 5.11. The molecule has 154 valence electrons. The van der Waals surface area contributed by atoms with Crippen molar-refractivity contribution in [2.75, 3.05) is 25.1 Å². The van der Waals surface area contributed by atoms with Crippen molar-refractivity contribution in [3.63, 3.8) is 0 Å². The molecule has 0 unspecified atom stereocenters. The number of carbonyl (C=O) groups excluding carboxylic acids is 3. The van der Waals surface area contributed by atoms with Crippen molar-refractivity contribution < 1.29 is 23.9 Å². The summed E-state index contributed by atoms with van der Waals surface area (Å²) in [6.07, 6.45) is 5.28. The molecule has 0 saturated heterocycles. The Morgan fingerprint density at radius 3 is 2.50 bits per heavy atom. The lowest BCUT2D eigenvalue weighted by molar-refractivity contribution is -0.120. The SMILES string of the molecule is CCOC(=O)c1c(NC(=O)C2CCCCC2)sc2c1CCN(C(=O)OCC)C2. The molecule has 1 saturated carbocycles. The van der Waals surface area contributed by atoms with Gasteiger partial charge < -0.3 is 19.7 Å². The Bertz CT molecular complexity index is 739. The predicted octanol–water partition coefficient (Wildman–Crippen LogP) is 3.96. The second-order valence-electron chi connectivity index (χ2n) is 7.12. The van der Waals surface area contributed by atoms with Crippen LogP contribution in [0.2, 0.25) is 0 Å². The summed E-state index contributed by atoms with van der Waals surface area (Å²) in [6, 6.07) is 0. The normalized spacial score (nSPS) is 17.0. The topological polar surface area (TPSA) is 84.9 Å². The van der Waals surface area contributed by atoms with E-state index >= 15 is 0 Å². The molecule has 0 radical (unpaired) electrons. The zero-order chi connectivity index (χ0) is 20.1. The largest absolute Gasteiger partial charge is 0.462 e. The number of esters is 1. The van der Waals surface area contributed by atoms with Gasteiger partial charge in [0, 0.05) is 17.3 Å². The molecule has 7 nitrogen and oxygen atoms in total. The molecular weight excluding hydrogens is 380 g/mol. The van der Waals surface area contributed by atoms with Gasteiger partial charge in [-0.25, -0.2) is 9.59 Å². The molecule has 1 N–H and O–H groups in total. The van der Waals surface area contributed by atoms with Gasteiger partial charge in [0.25, 0.3) is 0 Å². The Balaban J connectivity index is 1.84. The Morgan fingerprint density at radius 1 is 1.11 bits per heavy atom. The number of amides is 2. The summed E-state index contributed by atoms with van der Waals surface area (Å²) < 4.78 is 10.3. The van der Waals surface area contributed by atoms with Gasteiger partial charge in [0.2, 0.25) is 5.91 Å². The molecular formula is C20H28N2O5S. The monoisotopic (exact) mass is 408 g/mol. The first-order chi connectivity index (χ1) is 13.5. The van der Waals surface area contributed by atoms with Crippen LogP contribution in [0.15, 0.2) is 0 Å². The lowest BCUT2D eigenvalue weighted by Crippen LogP contribution is -2.36. The van der Waals surface area contributed by atoms with Gasteiger partial charge in [-0.2, -0.15) is 0 Å². The van der Waals surface area contributed by atoms with Crippen LogP contribution < -0.4 is 5.32 Å². The zero-order valence-electron chi connectivity index (χ0n) is 16.5. The molecule has 1 aliphatic heterocycles. The molecule has 0 bridgehead atoms. The summed E-state index contributed by atoms with van der Waals surface area (Å²) in [7, 11) is 0. The molecule has 1 aromatic rings. The van der Waals surface area contributed by atoms with Crippen LogP contribution in [0.1, 0.15) is 66.8 Å². The van der Waals surface area contributed by atoms with Gasteiger partial charge >= 0.3 is 12.1 Å². The van der Waals surface area contributed by atoms with Crippen molar-refractivity contribution in [2.45, 2.75) is 58.9 Å². The van der Waals surface area contributed by atoms with Crippen molar-refractivity contribution in [3.8, 4) is 0 Å². The second-order valence-corrected chi connectivity index (χ2v) is 8.23. The number of hydrogen-bond donors (Lipinski definition) is 1. The smallest absolute Gasteiger partial charge is 0.410 e. The van der Waals surface area contributed by atoms with Crippen molar-refractivity contribution in [1.29, 1.82) is 0 Å². The number of fused-ring (bicyclic) bond motifs is 1. The van der Waals surface area contributed by atoms with Crippen LogP contribution in [0.4, 0.5) is 9.80 Å². The fraction of sp³-hybridized carbons (Fsp3) is 0.650. The molecule has 1 aliphatic carbocycles. The Morgan fingerprint density at radius 2 is 1.82 bits per heavy atom. The quantitative estimate of drug-likeness (QED) is 0.746. The molecule has 0 atom stereocenters. The number of hydrogen-bond acceptors (Lipinski definition) is 6. The van der Waals surface area contributed by atoms with E-state index in [9.17, 15) is 14.4 Å². The average molecular weight is 409 g/mol. The van der Waals surface area contributed by atoms with E-state index in [0.717, 1.165) is 36.1 Å². The Kier molecular flexibility index (Phi) is 6.93. The van der Waals surface area contributed by atoms with Gasteiger partial charge in [0.1, 0.15) is 5.00 Å². The zero-order valence-corrected chi connectivity index (χ0v) is 17.4. The number of nitrogens with one attached hydrogen (secondary N) is 1. The van der Waals surface area contributed by atoms with E-state index in [-0.39, 0.29) is 24.5 Å². The Labute approximate surface area is 169 Å². The van der Waals surface area contributed by atoms with Gasteiger partial charge in [-0.3, -0.25) is 4.79 Å². The third-order valence-corrected chi connectivity index (χ3v) is 6.41. The predicted molar refractivity (Wildman–Crippen MR) is 107 cm³/mol. The van der Waals surface area contributed by atoms with Crippen molar-refractivity contribution in [3.05, 3.63) is 16.0 Å². The van der Waals surface area contributed by atoms with Gasteiger partial charge in [0.05, 0.1) is 25.3 Å². The summed E-state index contributed by atoms with van der Waals surface area (Å²) >= 11 is 1.37. The first-order valence-electron chi connectivity index (χ1n) is 10.1. The van der Waals surface area contributed by atoms with Crippen LogP contribution in [-0.4, -0.2) is 42.6 Å². The van der Waals surface area contributed by atoms with Crippen molar-refractivity contribution in [2.24, 2.45) is 5.92 Å². The maximum Gasteiger partial charge on any atom is 0.410 e. The summed E-state index contributed by atoms with van der Waals surface area (Å²) in [5, 5.41) is 3.54. The number of anilines is 1. The van der Waals surface area contributed by atoms with E-state index in [2.05, 4.69) is 5.32 Å². The number of nitrogens with zero attached hydrogens (tertiary/aromatic N) is 1. The highest BCUT2D eigenvalue weighted by Gasteiger charge is 2.32. The number of thiophene rings is 1. The first kappa shape index (κ1) is 20.6. The second kappa shape index (κ2) is 9.41. The van der Waals surface area contributed by atoms with Crippen LogP contribution in [-0.2, 0) is 27.2 Å².